The number of ether oxygens (including phenoxy) is 1. The van der Waals surface area contributed by atoms with Crippen molar-refractivity contribution in [3.05, 3.63) is 59.7 Å². The molecule has 2 aromatic rings. The van der Waals surface area contributed by atoms with Crippen molar-refractivity contribution in [1.82, 2.24) is 10.2 Å². The Morgan fingerprint density at radius 1 is 1.04 bits per heavy atom. The van der Waals surface area contributed by atoms with Crippen molar-refractivity contribution in [3.63, 3.8) is 0 Å². The van der Waals surface area contributed by atoms with Gasteiger partial charge in [0.2, 0.25) is 0 Å². The van der Waals surface area contributed by atoms with E-state index in [0.29, 0.717) is 41.7 Å². The maximum atomic E-state index is 13.0. The van der Waals surface area contributed by atoms with Crippen molar-refractivity contribution < 1.29 is 14.3 Å². The maximum Gasteiger partial charge on any atom is 0.255 e. The van der Waals surface area contributed by atoms with Crippen LogP contribution in [-0.4, -0.2) is 50.0 Å². The van der Waals surface area contributed by atoms with Gasteiger partial charge in [-0.2, -0.15) is 0 Å². The molecule has 0 spiro atoms. The first-order chi connectivity index (χ1) is 13.1. The van der Waals surface area contributed by atoms with Crippen molar-refractivity contribution in [2.24, 2.45) is 0 Å². The first-order valence-electron chi connectivity index (χ1n) is 9.13. The van der Waals surface area contributed by atoms with Gasteiger partial charge >= 0.3 is 0 Å². The Labute approximate surface area is 171 Å². The van der Waals surface area contributed by atoms with E-state index in [2.05, 4.69) is 10.6 Å². The summed E-state index contributed by atoms with van der Waals surface area (Å²) in [5.41, 5.74) is 1.55. The SMILES string of the molecule is CNC1CCN(C(=O)c2ccccc2NC(=O)c2ccc(OC)cc2)CC1.Cl. The van der Waals surface area contributed by atoms with Crippen LogP contribution >= 0.6 is 12.4 Å². The molecule has 2 aromatic carbocycles. The summed E-state index contributed by atoms with van der Waals surface area (Å²) in [5.74, 6) is 0.383. The quantitative estimate of drug-likeness (QED) is 0.804. The number of halogens is 1. The monoisotopic (exact) mass is 403 g/mol. The normalized spacial score (nSPS) is 14.1. The van der Waals surface area contributed by atoms with Gasteiger partial charge in [-0.25, -0.2) is 0 Å². The minimum atomic E-state index is -0.258. The molecule has 1 aliphatic rings. The molecule has 0 unspecified atom stereocenters. The topological polar surface area (TPSA) is 70.7 Å². The molecule has 0 saturated carbocycles. The Hall–Kier alpha value is -2.57. The molecule has 0 aromatic heterocycles. The van der Waals surface area contributed by atoms with Crippen LogP contribution in [0.5, 0.6) is 5.75 Å². The number of anilines is 1. The predicted octanol–water partition coefficient (Wildman–Crippen LogP) is 3.19. The largest absolute Gasteiger partial charge is 0.497 e. The first kappa shape index (κ1) is 21.7. The minimum Gasteiger partial charge on any atom is -0.497 e. The predicted molar refractivity (Wildman–Crippen MR) is 113 cm³/mol. The molecule has 0 bridgehead atoms. The highest BCUT2D eigenvalue weighted by Gasteiger charge is 2.24. The summed E-state index contributed by atoms with van der Waals surface area (Å²) in [6.07, 6.45) is 1.87. The second-order valence-corrected chi connectivity index (χ2v) is 6.58. The Morgan fingerprint density at radius 2 is 1.68 bits per heavy atom. The lowest BCUT2D eigenvalue weighted by atomic mass is 10.0. The number of likely N-dealkylation sites (tertiary alicyclic amines) is 1. The first-order valence-corrected chi connectivity index (χ1v) is 9.13. The van der Waals surface area contributed by atoms with E-state index >= 15 is 0 Å². The zero-order valence-electron chi connectivity index (χ0n) is 16.1. The fourth-order valence-corrected chi connectivity index (χ4v) is 3.26. The van der Waals surface area contributed by atoms with Gasteiger partial charge in [0.1, 0.15) is 5.75 Å². The van der Waals surface area contributed by atoms with E-state index in [0.717, 1.165) is 12.8 Å². The second-order valence-electron chi connectivity index (χ2n) is 6.58. The summed E-state index contributed by atoms with van der Waals surface area (Å²) >= 11 is 0. The van der Waals surface area contributed by atoms with Crippen molar-refractivity contribution in [2.75, 3.05) is 32.6 Å². The smallest absolute Gasteiger partial charge is 0.255 e. The molecule has 28 heavy (non-hydrogen) atoms. The van der Waals surface area contributed by atoms with E-state index in [-0.39, 0.29) is 24.2 Å². The van der Waals surface area contributed by atoms with Crippen molar-refractivity contribution >= 4 is 29.9 Å². The molecule has 1 fully saturated rings. The van der Waals surface area contributed by atoms with Gasteiger partial charge in [0.15, 0.2) is 0 Å². The fourth-order valence-electron chi connectivity index (χ4n) is 3.26. The number of nitrogens with zero attached hydrogens (tertiary/aromatic N) is 1. The zero-order valence-corrected chi connectivity index (χ0v) is 16.9. The lowest BCUT2D eigenvalue weighted by Gasteiger charge is -2.32. The van der Waals surface area contributed by atoms with Gasteiger partial charge in [0, 0.05) is 24.7 Å². The summed E-state index contributed by atoms with van der Waals surface area (Å²) < 4.78 is 5.11. The number of nitrogens with one attached hydrogen (secondary N) is 2. The Morgan fingerprint density at radius 3 is 2.29 bits per heavy atom. The molecule has 1 heterocycles. The van der Waals surface area contributed by atoms with Crippen LogP contribution in [-0.2, 0) is 0 Å². The zero-order chi connectivity index (χ0) is 19.2. The highest BCUT2D eigenvalue weighted by Crippen LogP contribution is 2.21. The number of carbonyl (C=O) groups is 2. The third kappa shape index (κ3) is 5.03. The van der Waals surface area contributed by atoms with Crippen LogP contribution in [0.3, 0.4) is 0 Å². The van der Waals surface area contributed by atoms with Crippen molar-refractivity contribution in [3.8, 4) is 5.75 Å². The van der Waals surface area contributed by atoms with Gasteiger partial charge in [-0.3, -0.25) is 9.59 Å². The van der Waals surface area contributed by atoms with E-state index in [1.807, 2.05) is 24.1 Å². The number of hydrogen-bond donors (Lipinski definition) is 2. The molecular formula is C21H26ClN3O3. The lowest BCUT2D eigenvalue weighted by molar-refractivity contribution is 0.0708. The fraction of sp³-hybridized carbons (Fsp3) is 0.333. The van der Waals surface area contributed by atoms with E-state index < -0.39 is 0 Å². The number of carbonyl (C=O) groups excluding carboxylic acids is 2. The number of para-hydroxylation sites is 1. The number of piperidine rings is 1. The Kier molecular flexibility index (Phi) is 7.84. The van der Waals surface area contributed by atoms with Gasteiger partial charge in [-0.05, 0) is 56.3 Å². The number of methoxy groups -OCH3 is 1. The van der Waals surface area contributed by atoms with E-state index in [4.69, 9.17) is 4.74 Å². The van der Waals surface area contributed by atoms with Gasteiger partial charge in [-0.15, -0.1) is 12.4 Å². The van der Waals surface area contributed by atoms with Crippen LogP contribution in [0.1, 0.15) is 33.6 Å². The number of amides is 2. The van der Waals surface area contributed by atoms with E-state index in [1.54, 1.807) is 43.5 Å². The standard InChI is InChI=1S/C21H25N3O3.ClH/c1-22-16-11-13-24(14-12-16)21(26)18-5-3-4-6-19(18)23-20(25)15-7-9-17(27-2)10-8-15;/h3-10,16,22H,11-14H2,1-2H3,(H,23,25);1H. The molecule has 0 radical (unpaired) electrons. The molecule has 7 heteroatoms. The van der Waals surface area contributed by atoms with Crippen molar-refractivity contribution in [1.29, 1.82) is 0 Å². The van der Waals surface area contributed by atoms with Gasteiger partial charge in [-0.1, -0.05) is 12.1 Å². The summed E-state index contributed by atoms with van der Waals surface area (Å²) in [5, 5.41) is 6.13. The number of benzene rings is 2. The Balaban J connectivity index is 0.00000280. The highest BCUT2D eigenvalue weighted by molar-refractivity contribution is 6.09. The number of hydrogen-bond acceptors (Lipinski definition) is 4. The molecule has 150 valence electrons. The van der Waals surface area contributed by atoms with Crippen LogP contribution in [0, 0.1) is 0 Å². The summed E-state index contributed by atoms with van der Waals surface area (Å²) in [7, 11) is 3.53. The molecule has 6 nitrogen and oxygen atoms in total. The summed E-state index contributed by atoms with van der Waals surface area (Å²) in [6, 6.07) is 14.5. The lowest BCUT2D eigenvalue weighted by Crippen LogP contribution is -2.44. The van der Waals surface area contributed by atoms with Crippen LogP contribution < -0.4 is 15.4 Å². The van der Waals surface area contributed by atoms with Crippen LogP contribution in [0.15, 0.2) is 48.5 Å². The van der Waals surface area contributed by atoms with Crippen LogP contribution in [0.25, 0.3) is 0 Å². The average molecular weight is 404 g/mol. The highest BCUT2D eigenvalue weighted by atomic mass is 35.5. The van der Waals surface area contributed by atoms with E-state index in [1.165, 1.54) is 0 Å². The molecule has 0 aliphatic carbocycles. The van der Waals surface area contributed by atoms with Crippen molar-refractivity contribution in [2.45, 2.75) is 18.9 Å². The third-order valence-corrected chi connectivity index (χ3v) is 4.95. The van der Waals surface area contributed by atoms with Gasteiger partial charge in [0.05, 0.1) is 18.4 Å². The third-order valence-electron chi connectivity index (χ3n) is 4.95. The number of rotatable bonds is 5. The van der Waals surface area contributed by atoms with Gasteiger partial charge in [0.25, 0.3) is 11.8 Å². The molecule has 1 aliphatic heterocycles. The maximum absolute atomic E-state index is 13.0. The molecule has 1 saturated heterocycles. The Bertz CT molecular complexity index is 803. The van der Waals surface area contributed by atoms with Crippen LogP contribution in [0.2, 0.25) is 0 Å². The summed E-state index contributed by atoms with van der Waals surface area (Å²) in [6.45, 7) is 1.43. The van der Waals surface area contributed by atoms with E-state index in [9.17, 15) is 9.59 Å². The molecule has 0 atom stereocenters. The van der Waals surface area contributed by atoms with Gasteiger partial charge < -0.3 is 20.3 Å². The molecule has 3 rings (SSSR count). The van der Waals surface area contributed by atoms with Crippen LogP contribution in [0.4, 0.5) is 5.69 Å². The molecular weight excluding hydrogens is 378 g/mol. The molecule has 2 N–H and O–H groups in total. The average Bonchev–Trinajstić information content (AvgIpc) is 2.73. The minimum absolute atomic E-state index is 0. The summed E-state index contributed by atoms with van der Waals surface area (Å²) in [4.78, 5) is 27.4. The molecule has 2 amide bonds. The second kappa shape index (κ2) is 10.1.